The highest BCUT2D eigenvalue weighted by atomic mass is 32.2. The molecule has 0 saturated carbocycles. The van der Waals surface area contributed by atoms with Gasteiger partial charge in [-0.15, -0.1) is 20.4 Å². The molecular formula is C31H28N8O2S2. The predicted molar refractivity (Wildman–Crippen MR) is 170 cm³/mol. The minimum atomic E-state index is -0.229. The number of thiazole rings is 1. The molecule has 43 heavy (non-hydrogen) atoms. The number of benzene rings is 3. The lowest BCUT2D eigenvalue weighted by atomic mass is 10.1. The fourth-order valence-corrected chi connectivity index (χ4v) is 7.03. The standard InChI is InChI=1S/C31H28N8O2S2/c40-27(19-42-30-36-37-31-39(30)24-7-4-5-8-25(24)43-31)32-22-16-12-21(13-17-22)29(41)33-23-14-10-20(11-15-23)28-35-34-26-9-3-1-2-6-18-38(26)28/h4-5,7-8,10-17H,1-3,6,9,18-19H2,(H,32,40)(H,33,41). The monoisotopic (exact) mass is 608 g/mol. The zero-order valence-corrected chi connectivity index (χ0v) is 24.8. The fourth-order valence-electron chi connectivity index (χ4n) is 5.26. The normalized spacial score (nSPS) is 13.4. The Kier molecular flexibility index (Phi) is 7.60. The first-order valence-corrected chi connectivity index (χ1v) is 16.0. The van der Waals surface area contributed by atoms with Gasteiger partial charge in [-0.2, -0.15) is 0 Å². The lowest BCUT2D eigenvalue weighted by Crippen LogP contribution is -2.15. The van der Waals surface area contributed by atoms with Gasteiger partial charge in [-0.05, 0) is 73.5 Å². The number of hydrogen-bond acceptors (Lipinski definition) is 8. The minimum Gasteiger partial charge on any atom is -0.325 e. The van der Waals surface area contributed by atoms with Crippen molar-refractivity contribution in [3.8, 4) is 11.4 Å². The zero-order valence-electron chi connectivity index (χ0n) is 23.2. The second kappa shape index (κ2) is 12.0. The third kappa shape index (κ3) is 5.75. The van der Waals surface area contributed by atoms with Gasteiger partial charge in [0.05, 0.1) is 16.0 Å². The molecule has 0 radical (unpaired) electrons. The number of amides is 2. The zero-order chi connectivity index (χ0) is 29.2. The molecule has 0 spiro atoms. The Morgan fingerprint density at radius 2 is 1.58 bits per heavy atom. The molecule has 0 aliphatic carbocycles. The van der Waals surface area contributed by atoms with Crippen molar-refractivity contribution in [2.45, 2.75) is 43.8 Å². The van der Waals surface area contributed by atoms with Crippen LogP contribution >= 0.6 is 23.1 Å². The van der Waals surface area contributed by atoms with Crippen LogP contribution in [0.4, 0.5) is 11.4 Å². The lowest BCUT2D eigenvalue weighted by Gasteiger charge is -2.13. The number of nitrogens with zero attached hydrogens (tertiary/aromatic N) is 6. The van der Waals surface area contributed by atoms with Gasteiger partial charge in [-0.3, -0.25) is 14.0 Å². The Balaban J connectivity index is 0.945. The molecule has 0 saturated heterocycles. The number of hydrogen-bond donors (Lipinski definition) is 2. The van der Waals surface area contributed by atoms with E-state index in [0.717, 1.165) is 58.2 Å². The van der Waals surface area contributed by atoms with Crippen molar-refractivity contribution in [1.82, 2.24) is 29.4 Å². The molecule has 1 aliphatic rings. The lowest BCUT2D eigenvalue weighted by molar-refractivity contribution is -0.113. The Bertz CT molecular complexity index is 1930. The molecule has 6 aromatic rings. The molecule has 216 valence electrons. The molecule has 3 aromatic heterocycles. The number of rotatable bonds is 7. The average Bonchev–Trinajstić information content (AvgIpc) is 3.70. The van der Waals surface area contributed by atoms with Crippen LogP contribution < -0.4 is 10.6 Å². The largest absolute Gasteiger partial charge is 0.325 e. The van der Waals surface area contributed by atoms with Crippen LogP contribution in [0.1, 0.15) is 41.9 Å². The number of fused-ring (bicyclic) bond motifs is 4. The molecule has 1 aliphatic heterocycles. The van der Waals surface area contributed by atoms with Gasteiger partial charge in [0.25, 0.3) is 5.91 Å². The van der Waals surface area contributed by atoms with E-state index in [1.807, 2.05) is 52.9 Å². The van der Waals surface area contributed by atoms with Gasteiger partial charge in [0.15, 0.2) is 11.0 Å². The van der Waals surface area contributed by atoms with Gasteiger partial charge >= 0.3 is 0 Å². The highest BCUT2D eigenvalue weighted by molar-refractivity contribution is 7.99. The van der Waals surface area contributed by atoms with Crippen LogP contribution in [-0.2, 0) is 17.8 Å². The summed E-state index contributed by atoms with van der Waals surface area (Å²) >= 11 is 2.90. The summed E-state index contributed by atoms with van der Waals surface area (Å²) in [6, 6.07) is 22.6. The smallest absolute Gasteiger partial charge is 0.255 e. The highest BCUT2D eigenvalue weighted by Crippen LogP contribution is 2.29. The van der Waals surface area contributed by atoms with E-state index in [4.69, 9.17) is 0 Å². The molecule has 2 N–H and O–H groups in total. The second-order valence-corrected chi connectivity index (χ2v) is 12.3. The van der Waals surface area contributed by atoms with E-state index in [0.29, 0.717) is 22.1 Å². The van der Waals surface area contributed by atoms with Gasteiger partial charge < -0.3 is 15.2 Å². The molecule has 0 unspecified atom stereocenters. The van der Waals surface area contributed by atoms with Crippen LogP contribution in [0.5, 0.6) is 0 Å². The molecule has 7 rings (SSSR count). The topological polar surface area (TPSA) is 119 Å². The number of anilines is 2. The summed E-state index contributed by atoms with van der Waals surface area (Å²) < 4.78 is 5.32. The summed E-state index contributed by atoms with van der Waals surface area (Å²) in [5.74, 6) is 1.71. The van der Waals surface area contributed by atoms with Crippen LogP contribution in [0.25, 0.3) is 26.6 Å². The maximum atomic E-state index is 12.9. The molecule has 10 nitrogen and oxygen atoms in total. The molecule has 4 heterocycles. The van der Waals surface area contributed by atoms with E-state index in [2.05, 4.69) is 35.6 Å². The van der Waals surface area contributed by atoms with Gasteiger partial charge in [0.2, 0.25) is 10.9 Å². The molecule has 0 bridgehead atoms. The van der Waals surface area contributed by atoms with E-state index in [9.17, 15) is 9.59 Å². The van der Waals surface area contributed by atoms with E-state index in [-0.39, 0.29) is 17.6 Å². The Morgan fingerprint density at radius 1 is 0.814 bits per heavy atom. The Labute approximate surface area is 255 Å². The Hall–Kier alpha value is -4.55. The van der Waals surface area contributed by atoms with Crippen molar-refractivity contribution < 1.29 is 9.59 Å². The third-order valence-electron chi connectivity index (χ3n) is 7.43. The molecule has 0 atom stereocenters. The van der Waals surface area contributed by atoms with Crippen LogP contribution in [-0.4, -0.2) is 46.9 Å². The molecule has 2 amide bonds. The summed E-state index contributed by atoms with van der Waals surface area (Å²) in [4.78, 5) is 26.3. The van der Waals surface area contributed by atoms with Crippen molar-refractivity contribution in [2.24, 2.45) is 0 Å². The summed E-state index contributed by atoms with van der Waals surface area (Å²) in [7, 11) is 0. The number of thioether (sulfide) groups is 1. The number of aryl methyl sites for hydroxylation is 1. The number of nitrogens with one attached hydrogen (secondary N) is 2. The van der Waals surface area contributed by atoms with Gasteiger partial charge in [0.1, 0.15) is 5.82 Å². The number of para-hydroxylation sites is 1. The van der Waals surface area contributed by atoms with Crippen LogP contribution in [0.3, 0.4) is 0 Å². The van der Waals surface area contributed by atoms with Crippen LogP contribution in [0, 0.1) is 0 Å². The first kappa shape index (κ1) is 27.3. The maximum absolute atomic E-state index is 12.9. The maximum Gasteiger partial charge on any atom is 0.255 e. The van der Waals surface area contributed by atoms with Crippen molar-refractivity contribution in [2.75, 3.05) is 16.4 Å². The summed E-state index contributed by atoms with van der Waals surface area (Å²) in [5.41, 5.74) is 3.80. The van der Waals surface area contributed by atoms with Crippen LogP contribution in [0.2, 0.25) is 0 Å². The van der Waals surface area contributed by atoms with Crippen molar-refractivity contribution >= 4 is 61.5 Å². The molecule has 3 aromatic carbocycles. The van der Waals surface area contributed by atoms with E-state index in [1.54, 1.807) is 35.6 Å². The first-order chi connectivity index (χ1) is 21.1. The van der Waals surface area contributed by atoms with E-state index in [1.165, 1.54) is 24.6 Å². The van der Waals surface area contributed by atoms with Gasteiger partial charge in [-0.1, -0.05) is 48.1 Å². The number of aromatic nitrogens is 6. The SMILES string of the molecule is O=C(CSc1nnc2sc3ccccc3n12)Nc1ccc(C(=O)Nc2ccc(-c3nnc4n3CCCCCC4)cc2)cc1. The first-order valence-electron chi connectivity index (χ1n) is 14.2. The second-order valence-electron chi connectivity index (χ2n) is 10.4. The molecular weight excluding hydrogens is 581 g/mol. The summed E-state index contributed by atoms with van der Waals surface area (Å²) in [5, 5.41) is 23.9. The van der Waals surface area contributed by atoms with E-state index >= 15 is 0 Å². The van der Waals surface area contributed by atoms with Crippen LogP contribution in [0.15, 0.2) is 78.0 Å². The quantitative estimate of drug-likeness (QED) is 0.204. The van der Waals surface area contributed by atoms with Gasteiger partial charge in [-0.25, -0.2) is 0 Å². The van der Waals surface area contributed by atoms with Crippen molar-refractivity contribution in [1.29, 1.82) is 0 Å². The summed E-state index contributed by atoms with van der Waals surface area (Å²) in [6.45, 7) is 0.934. The summed E-state index contributed by atoms with van der Waals surface area (Å²) in [6.07, 6.45) is 5.72. The van der Waals surface area contributed by atoms with E-state index < -0.39 is 0 Å². The molecule has 0 fully saturated rings. The minimum absolute atomic E-state index is 0.168. The Morgan fingerprint density at radius 3 is 2.44 bits per heavy atom. The van der Waals surface area contributed by atoms with Gasteiger partial charge in [0, 0.05) is 35.5 Å². The third-order valence-corrected chi connectivity index (χ3v) is 9.38. The number of carbonyl (C=O) groups excluding carboxylic acids is 2. The van der Waals surface area contributed by atoms with Crippen molar-refractivity contribution in [3.05, 3.63) is 84.2 Å². The molecule has 12 heteroatoms. The fraction of sp³-hybridized carbons (Fsp3) is 0.226. The highest BCUT2D eigenvalue weighted by Gasteiger charge is 2.17. The average molecular weight is 609 g/mol. The predicted octanol–water partition coefficient (Wildman–Crippen LogP) is 6.30. The number of carbonyl (C=O) groups is 2. The van der Waals surface area contributed by atoms with Crippen molar-refractivity contribution in [3.63, 3.8) is 0 Å².